The van der Waals surface area contributed by atoms with Crippen molar-refractivity contribution in [2.24, 2.45) is 0 Å². The number of hydrogen-bond acceptors (Lipinski definition) is 2. The topological polar surface area (TPSA) is 6.48 Å². The van der Waals surface area contributed by atoms with Crippen LogP contribution in [-0.2, 0) is 25.7 Å². The second-order valence-electron chi connectivity index (χ2n) is 14.5. The Balaban J connectivity index is 1.28. The van der Waals surface area contributed by atoms with Crippen LogP contribution >= 0.6 is 0 Å². The highest BCUT2D eigenvalue weighted by Crippen LogP contribution is 2.48. The highest BCUT2D eigenvalue weighted by molar-refractivity contribution is 6.35. The predicted octanol–water partition coefficient (Wildman–Crippen LogP) is 14.9. The molecule has 0 bridgehead atoms. The number of fused-ring (bicyclic) bond motifs is 2. The van der Waals surface area contributed by atoms with Crippen molar-refractivity contribution in [2.45, 2.75) is 53.4 Å². The van der Waals surface area contributed by atoms with Gasteiger partial charge in [-0.2, -0.15) is 0 Å². The lowest BCUT2D eigenvalue weighted by molar-refractivity contribution is 1.13. The van der Waals surface area contributed by atoms with E-state index in [2.05, 4.69) is 195 Å². The van der Waals surface area contributed by atoms with Crippen molar-refractivity contribution in [2.75, 3.05) is 9.80 Å². The first kappa shape index (κ1) is 33.7. The Bertz CT molecular complexity index is 2420. The van der Waals surface area contributed by atoms with E-state index in [1.165, 1.54) is 99.5 Å². The fourth-order valence-electron chi connectivity index (χ4n) is 8.45. The second kappa shape index (κ2) is 14.0. The van der Waals surface area contributed by atoms with Crippen molar-refractivity contribution < 1.29 is 0 Å². The summed E-state index contributed by atoms with van der Waals surface area (Å²) in [6, 6.07) is 59.5. The van der Waals surface area contributed by atoms with Gasteiger partial charge < -0.3 is 9.80 Å². The minimum atomic E-state index is 1.02. The monoisotopic (exact) mass is 698 g/mol. The molecule has 2 heteroatoms. The van der Waals surface area contributed by atoms with Crippen LogP contribution in [0.2, 0.25) is 0 Å². The largest absolute Gasteiger partial charge is 0.310 e. The van der Waals surface area contributed by atoms with E-state index in [0.717, 1.165) is 25.7 Å². The number of aryl methyl sites for hydroxylation is 4. The van der Waals surface area contributed by atoms with Gasteiger partial charge in [-0.05, 0) is 141 Å². The summed E-state index contributed by atoms with van der Waals surface area (Å²) in [5, 5.41) is 10.3. The van der Waals surface area contributed by atoms with Gasteiger partial charge in [0.25, 0.3) is 0 Å². The summed E-state index contributed by atoms with van der Waals surface area (Å²) in [6.45, 7) is 8.87. The summed E-state index contributed by atoms with van der Waals surface area (Å²) in [6.07, 6.45) is 4.08. The van der Waals surface area contributed by atoms with Crippen molar-refractivity contribution in [3.8, 4) is 0 Å². The van der Waals surface area contributed by atoms with Crippen LogP contribution < -0.4 is 9.80 Å². The lowest BCUT2D eigenvalue weighted by Gasteiger charge is -2.29. The summed E-state index contributed by atoms with van der Waals surface area (Å²) in [5.74, 6) is 0. The normalized spacial score (nSPS) is 11.6. The molecule has 9 aromatic rings. The highest BCUT2D eigenvalue weighted by Gasteiger charge is 2.22. The Kier molecular flexibility index (Phi) is 8.75. The number of anilines is 6. The maximum atomic E-state index is 2.44. The smallest absolute Gasteiger partial charge is 0.0540 e. The molecular formula is C52H46N2. The van der Waals surface area contributed by atoms with Crippen LogP contribution in [-0.4, -0.2) is 0 Å². The summed E-state index contributed by atoms with van der Waals surface area (Å²) in [5.41, 5.74) is 12.4. The van der Waals surface area contributed by atoms with Crippen molar-refractivity contribution in [3.63, 3.8) is 0 Å². The van der Waals surface area contributed by atoms with Gasteiger partial charge in [0.1, 0.15) is 0 Å². The van der Waals surface area contributed by atoms with Crippen LogP contribution in [0.15, 0.2) is 158 Å². The second-order valence-corrected chi connectivity index (χ2v) is 14.5. The molecule has 0 amide bonds. The summed E-state index contributed by atoms with van der Waals surface area (Å²) in [7, 11) is 0. The number of benzene rings is 9. The van der Waals surface area contributed by atoms with Gasteiger partial charge in [-0.25, -0.2) is 0 Å². The SMILES string of the molecule is CCc1ccc(N(c2ccc(CC)cc2)c2ccc3c4cccc5c(N(c6ccc(CC)cc6)c6ccc(CC)cc6)ccc(c6cccc2c63)c54)cc1. The van der Waals surface area contributed by atoms with Crippen LogP contribution in [0, 0.1) is 0 Å². The van der Waals surface area contributed by atoms with Crippen molar-refractivity contribution in [1.29, 1.82) is 0 Å². The fourth-order valence-corrected chi connectivity index (χ4v) is 8.45. The van der Waals surface area contributed by atoms with Gasteiger partial charge in [0.15, 0.2) is 0 Å². The first-order valence-electron chi connectivity index (χ1n) is 19.7. The molecule has 0 unspecified atom stereocenters. The van der Waals surface area contributed by atoms with E-state index in [0.29, 0.717) is 0 Å². The molecule has 0 aliphatic heterocycles. The van der Waals surface area contributed by atoms with E-state index in [9.17, 15) is 0 Å². The fraction of sp³-hybridized carbons (Fsp3) is 0.154. The molecule has 0 spiro atoms. The lowest BCUT2D eigenvalue weighted by atomic mass is 9.88. The summed E-state index contributed by atoms with van der Waals surface area (Å²) >= 11 is 0. The molecule has 264 valence electrons. The minimum Gasteiger partial charge on any atom is -0.310 e. The zero-order valence-corrected chi connectivity index (χ0v) is 31.7. The summed E-state index contributed by atoms with van der Waals surface area (Å²) < 4.78 is 0. The van der Waals surface area contributed by atoms with Crippen molar-refractivity contribution in [1.82, 2.24) is 0 Å². The average molecular weight is 699 g/mol. The molecule has 2 nitrogen and oxygen atoms in total. The van der Waals surface area contributed by atoms with E-state index in [1.54, 1.807) is 0 Å². The third-order valence-corrected chi connectivity index (χ3v) is 11.5. The Morgan fingerprint density at radius 3 is 0.815 bits per heavy atom. The molecule has 0 aromatic heterocycles. The average Bonchev–Trinajstić information content (AvgIpc) is 3.24. The molecule has 0 saturated carbocycles. The zero-order chi connectivity index (χ0) is 36.8. The number of rotatable bonds is 10. The van der Waals surface area contributed by atoms with Gasteiger partial charge >= 0.3 is 0 Å². The lowest BCUT2D eigenvalue weighted by Crippen LogP contribution is -2.11. The molecule has 0 aliphatic rings. The zero-order valence-electron chi connectivity index (χ0n) is 31.7. The van der Waals surface area contributed by atoms with Crippen LogP contribution in [0.25, 0.3) is 43.1 Å². The van der Waals surface area contributed by atoms with Crippen molar-refractivity contribution >= 4 is 77.2 Å². The Morgan fingerprint density at radius 1 is 0.278 bits per heavy atom. The van der Waals surface area contributed by atoms with E-state index in [4.69, 9.17) is 0 Å². The molecule has 0 aliphatic carbocycles. The van der Waals surface area contributed by atoms with Crippen LogP contribution in [0.1, 0.15) is 49.9 Å². The van der Waals surface area contributed by atoms with E-state index < -0.39 is 0 Å². The van der Waals surface area contributed by atoms with Crippen LogP contribution in [0.4, 0.5) is 34.1 Å². The predicted molar refractivity (Wildman–Crippen MR) is 235 cm³/mol. The molecule has 0 atom stereocenters. The van der Waals surface area contributed by atoms with Crippen molar-refractivity contribution in [3.05, 3.63) is 180 Å². The standard InChI is InChI=1S/C52H46N2/c1-5-35-15-23-39(24-16-35)53(40-25-17-36(6-2)18-26-40)49-33-31-45-44-12-10-14-48-50(34-32-46(52(44)48)43-11-9-13-47(49)51(43)45)54(41-27-19-37(7-3)20-28-41)42-29-21-38(8-4)22-30-42/h9-34H,5-8H2,1-4H3. The van der Waals surface area contributed by atoms with Gasteiger partial charge in [-0.1, -0.05) is 125 Å². The van der Waals surface area contributed by atoms with Gasteiger partial charge in [-0.3, -0.25) is 0 Å². The van der Waals surface area contributed by atoms with Gasteiger partial charge in [0.2, 0.25) is 0 Å². The molecule has 9 rings (SSSR count). The molecule has 9 aromatic carbocycles. The molecule has 0 heterocycles. The minimum absolute atomic E-state index is 1.02. The molecular weight excluding hydrogens is 653 g/mol. The molecule has 0 N–H and O–H groups in total. The molecule has 54 heavy (non-hydrogen) atoms. The quantitative estimate of drug-likeness (QED) is 0.104. The first-order valence-corrected chi connectivity index (χ1v) is 19.7. The van der Waals surface area contributed by atoms with E-state index in [1.807, 2.05) is 0 Å². The third-order valence-electron chi connectivity index (χ3n) is 11.5. The maximum Gasteiger partial charge on any atom is 0.0540 e. The molecule has 0 radical (unpaired) electrons. The third kappa shape index (κ3) is 5.65. The molecule has 0 fully saturated rings. The van der Waals surface area contributed by atoms with Crippen LogP contribution in [0.5, 0.6) is 0 Å². The van der Waals surface area contributed by atoms with Gasteiger partial charge in [-0.15, -0.1) is 0 Å². The number of hydrogen-bond donors (Lipinski definition) is 0. The summed E-state index contributed by atoms with van der Waals surface area (Å²) in [4.78, 5) is 4.87. The number of nitrogens with zero attached hydrogens (tertiary/aromatic N) is 2. The molecule has 0 saturated heterocycles. The first-order chi connectivity index (χ1) is 26.6. The maximum absolute atomic E-state index is 2.44. The Morgan fingerprint density at radius 2 is 0.537 bits per heavy atom. The van der Waals surface area contributed by atoms with Crippen LogP contribution in [0.3, 0.4) is 0 Å². The Labute approximate surface area is 319 Å². The highest BCUT2D eigenvalue weighted by atomic mass is 15.1. The van der Waals surface area contributed by atoms with Gasteiger partial charge in [0, 0.05) is 33.5 Å². The van der Waals surface area contributed by atoms with E-state index >= 15 is 0 Å². The Hall–Kier alpha value is -6.12. The van der Waals surface area contributed by atoms with E-state index in [-0.39, 0.29) is 0 Å². The van der Waals surface area contributed by atoms with Gasteiger partial charge in [0.05, 0.1) is 11.4 Å².